The number of fused-ring (bicyclic) bond motifs is 1. The van der Waals surface area contributed by atoms with Crippen molar-refractivity contribution in [2.45, 2.75) is 29.1 Å². The van der Waals surface area contributed by atoms with Crippen LogP contribution in [0.2, 0.25) is 0 Å². The minimum absolute atomic E-state index is 0.0155. The Labute approximate surface area is 187 Å². The number of amides is 1. The summed E-state index contributed by atoms with van der Waals surface area (Å²) in [6.45, 7) is 2.88. The summed E-state index contributed by atoms with van der Waals surface area (Å²) in [6.07, 6.45) is 0.698. The van der Waals surface area contributed by atoms with Crippen LogP contribution in [0.1, 0.15) is 24.8 Å². The lowest BCUT2D eigenvalue weighted by Gasteiger charge is -2.29. The normalized spacial score (nSPS) is 19.2. The molecule has 0 aliphatic carbocycles. The fraction of sp³-hybridized carbons (Fsp3) is 0.409. The van der Waals surface area contributed by atoms with Crippen molar-refractivity contribution in [2.75, 3.05) is 44.5 Å². The van der Waals surface area contributed by atoms with Crippen molar-refractivity contribution in [3.8, 4) is 11.5 Å². The molecule has 2 aliphatic heterocycles. The highest BCUT2D eigenvalue weighted by molar-refractivity contribution is 7.99. The predicted octanol–water partition coefficient (Wildman–Crippen LogP) is 3.34. The molecular weight excluding hydrogens is 436 g/mol. The van der Waals surface area contributed by atoms with Gasteiger partial charge in [0.15, 0.2) is 0 Å². The van der Waals surface area contributed by atoms with E-state index in [-0.39, 0.29) is 16.7 Å². The molecule has 0 bridgehead atoms. The van der Waals surface area contributed by atoms with E-state index in [0.29, 0.717) is 37.5 Å². The number of sulfonamides is 1. The molecule has 1 saturated heterocycles. The Morgan fingerprint density at radius 2 is 1.90 bits per heavy atom. The molecule has 1 fully saturated rings. The van der Waals surface area contributed by atoms with Crippen LogP contribution in [0, 0.1) is 0 Å². The summed E-state index contributed by atoms with van der Waals surface area (Å²) in [5.41, 5.74) is 1.62. The van der Waals surface area contributed by atoms with Gasteiger partial charge in [0.2, 0.25) is 15.9 Å². The summed E-state index contributed by atoms with van der Waals surface area (Å²) in [5, 5.41) is 0. The maximum Gasteiger partial charge on any atom is 0.243 e. The van der Waals surface area contributed by atoms with Crippen molar-refractivity contribution in [2.24, 2.45) is 0 Å². The lowest BCUT2D eigenvalue weighted by Crippen LogP contribution is -2.34. The van der Waals surface area contributed by atoms with Gasteiger partial charge in [-0.15, -0.1) is 11.8 Å². The van der Waals surface area contributed by atoms with Gasteiger partial charge in [-0.3, -0.25) is 4.79 Å². The van der Waals surface area contributed by atoms with E-state index in [9.17, 15) is 13.2 Å². The molecule has 0 radical (unpaired) electrons. The molecule has 9 heteroatoms. The molecule has 0 aromatic heterocycles. The first-order valence-electron chi connectivity index (χ1n) is 10.1. The number of hydrogen-bond acceptors (Lipinski definition) is 6. The summed E-state index contributed by atoms with van der Waals surface area (Å²) in [7, 11) is -0.465. The quantitative estimate of drug-likeness (QED) is 0.678. The van der Waals surface area contributed by atoms with Crippen LogP contribution in [-0.4, -0.2) is 58.2 Å². The Balaban J connectivity index is 1.62. The maximum atomic E-state index is 13.4. The number of benzene rings is 2. The molecule has 1 amide bonds. The third kappa shape index (κ3) is 4.14. The molecule has 2 aromatic carbocycles. The van der Waals surface area contributed by atoms with Crippen molar-refractivity contribution in [1.82, 2.24) is 4.31 Å². The average Bonchev–Trinajstić information content (AvgIpc) is 3.28. The molecule has 31 heavy (non-hydrogen) atoms. The zero-order chi connectivity index (χ0) is 22.2. The minimum atomic E-state index is -3.68. The fourth-order valence-electron chi connectivity index (χ4n) is 4.19. The van der Waals surface area contributed by atoms with Crippen LogP contribution < -0.4 is 14.4 Å². The number of methoxy groups -OCH3 is 2. The van der Waals surface area contributed by atoms with Crippen molar-refractivity contribution in [3.63, 3.8) is 0 Å². The van der Waals surface area contributed by atoms with E-state index in [0.717, 1.165) is 22.0 Å². The van der Waals surface area contributed by atoms with Gasteiger partial charge >= 0.3 is 0 Å². The molecule has 2 aliphatic rings. The van der Waals surface area contributed by atoms with Crippen LogP contribution in [0.3, 0.4) is 0 Å². The van der Waals surface area contributed by atoms with E-state index in [4.69, 9.17) is 9.47 Å². The first-order chi connectivity index (χ1) is 14.8. The van der Waals surface area contributed by atoms with E-state index in [1.54, 1.807) is 49.1 Å². The largest absolute Gasteiger partial charge is 0.497 e. The van der Waals surface area contributed by atoms with E-state index >= 15 is 0 Å². The summed E-state index contributed by atoms with van der Waals surface area (Å²) in [6, 6.07) is 10.7. The standard InChI is InChI=1S/C22H26N2O5S2/c1-15(25)24-10-11-30-22-7-5-18(13-20(22)24)31(26,27)23-9-8-16(14-23)19-12-17(28-2)4-6-21(19)29-3/h4-7,12-13,16H,8-11,14H2,1-3H3/t16-/m1/s1. The van der Waals surface area contributed by atoms with Gasteiger partial charge < -0.3 is 14.4 Å². The van der Waals surface area contributed by atoms with Crippen molar-refractivity contribution in [3.05, 3.63) is 42.0 Å². The smallest absolute Gasteiger partial charge is 0.243 e. The van der Waals surface area contributed by atoms with Crippen molar-refractivity contribution < 1.29 is 22.7 Å². The average molecular weight is 463 g/mol. The van der Waals surface area contributed by atoms with Gasteiger partial charge in [0.05, 0.1) is 24.8 Å². The number of ether oxygens (including phenoxy) is 2. The lowest BCUT2D eigenvalue weighted by atomic mass is 9.97. The predicted molar refractivity (Wildman–Crippen MR) is 121 cm³/mol. The molecule has 0 spiro atoms. The Kier molecular flexibility index (Phi) is 6.18. The molecule has 0 saturated carbocycles. The topological polar surface area (TPSA) is 76.2 Å². The van der Waals surface area contributed by atoms with Crippen LogP contribution in [0.15, 0.2) is 46.2 Å². The second-order valence-corrected chi connectivity index (χ2v) is 10.7. The molecular formula is C22H26N2O5S2. The molecule has 7 nitrogen and oxygen atoms in total. The Bertz CT molecular complexity index is 1100. The molecule has 1 atom stereocenters. The van der Waals surface area contributed by atoms with Gasteiger partial charge in [0.25, 0.3) is 0 Å². The van der Waals surface area contributed by atoms with Gasteiger partial charge in [-0.25, -0.2) is 8.42 Å². The van der Waals surface area contributed by atoms with Gasteiger partial charge in [0.1, 0.15) is 11.5 Å². The second kappa shape index (κ2) is 8.72. The maximum absolute atomic E-state index is 13.4. The van der Waals surface area contributed by atoms with Crippen molar-refractivity contribution in [1.29, 1.82) is 0 Å². The first kappa shape index (κ1) is 22.0. The highest BCUT2D eigenvalue weighted by Gasteiger charge is 2.35. The van der Waals surface area contributed by atoms with Crippen LogP contribution in [-0.2, 0) is 14.8 Å². The van der Waals surface area contributed by atoms with Crippen LogP contribution >= 0.6 is 11.8 Å². The monoisotopic (exact) mass is 462 g/mol. The molecule has 2 heterocycles. The van der Waals surface area contributed by atoms with Crippen molar-refractivity contribution >= 4 is 33.4 Å². The summed E-state index contributed by atoms with van der Waals surface area (Å²) in [5.74, 6) is 2.18. The van der Waals surface area contributed by atoms with Gasteiger partial charge in [0, 0.05) is 48.7 Å². The summed E-state index contributed by atoms with van der Waals surface area (Å²) < 4.78 is 39.2. The molecule has 2 aromatic rings. The lowest BCUT2D eigenvalue weighted by molar-refractivity contribution is -0.116. The van der Waals surface area contributed by atoms with Crippen LogP contribution in [0.5, 0.6) is 11.5 Å². The number of thioether (sulfide) groups is 1. The number of carbonyl (C=O) groups excluding carboxylic acids is 1. The SMILES string of the molecule is COc1ccc(OC)c([C@@H]2CCN(S(=O)(=O)c3ccc4c(c3)N(C(C)=O)CCS4)C2)c1. The van der Waals surface area contributed by atoms with E-state index in [1.165, 1.54) is 11.2 Å². The Morgan fingerprint density at radius 3 is 2.61 bits per heavy atom. The van der Waals surface area contributed by atoms with Crippen LogP contribution in [0.4, 0.5) is 5.69 Å². The first-order valence-corrected chi connectivity index (χ1v) is 12.5. The zero-order valence-electron chi connectivity index (χ0n) is 17.8. The van der Waals surface area contributed by atoms with Gasteiger partial charge in [-0.2, -0.15) is 4.31 Å². The molecule has 166 valence electrons. The number of carbonyl (C=O) groups is 1. The fourth-order valence-corrected chi connectivity index (χ4v) is 6.69. The van der Waals surface area contributed by atoms with E-state index in [2.05, 4.69) is 0 Å². The summed E-state index contributed by atoms with van der Waals surface area (Å²) in [4.78, 5) is 14.8. The Morgan fingerprint density at radius 1 is 1.10 bits per heavy atom. The number of rotatable bonds is 5. The van der Waals surface area contributed by atoms with E-state index < -0.39 is 10.0 Å². The highest BCUT2D eigenvalue weighted by Crippen LogP contribution is 2.40. The molecule has 0 N–H and O–H groups in total. The van der Waals surface area contributed by atoms with E-state index in [1.807, 2.05) is 18.2 Å². The van der Waals surface area contributed by atoms with Crippen LogP contribution in [0.25, 0.3) is 0 Å². The highest BCUT2D eigenvalue weighted by atomic mass is 32.2. The third-order valence-corrected chi connectivity index (χ3v) is 8.74. The minimum Gasteiger partial charge on any atom is -0.497 e. The third-order valence-electron chi connectivity index (χ3n) is 5.84. The molecule has 0 unspecified atom stereocenters. The Hall–Kier alpha value is -2.23. The van der Waals surface area contributed by atoms with Gasteiger partial charge in [-0.1, -0.05) is 0 Å². The number of nitrogens with zero attached hydrogens (tertiary/aromatic N) is 2. The van der Waals surface area contributed by atoms with Gasteiger partial charge in [-0.05, 0) is 42.8 Å². The number of hydrogen-bond donors (Lipinski definition) is 0. The second-order valence-electron chi connectivity index (χ2n) is 7.61. The summed E-state index contributed by atoms with van der Waals surface area (Å²) >= 11 is 1.64. The molecule has 4 rings (SSSR count). The number of anilines is 1. The zero-order valence-corrected chi connectivity index (χ0v) is 19.5.